The smallest absolute Gasteiger partial charge is 0.410 e. The molecule has 31 heavy (non-hydrogen) atoms. The fourth-order valence-corrected chi connectivity index (χ4v) is 4.22. The zero-order valence-electron chi connectivity index (χ0n) is 17.7. The lowest BCUT2D eigenvalue weighted by Crippen LogP contribution is -2.16. The van der Waals surface area contributed by atoms with Crippen LogP contribution in [0, 0.1) is 18.3 Å². The van der Waals surface area contributed by atoms with Crippen molar-refractivity contribution in [2.24, 2.45) is 0 Å². The van der Waals surface area contributed by atoms with Gasteiger partial charge in [0.2, 0.25) is 0 Å². The first-order chi connectivity index (χ1) is 15.1. The van der Waals surface area contributed by atoms with E-state index in [4.69, 9.17) is 10.00 Å². The summed E-state index contributed by atoms with van der Waals surface area (Å²) in [5.41, 5.74) is 5.69. The van der Waals surface area contributed by atoms with Gasteiger partial charge in [-0.2, -0.15) is 5.26 Å². The lowest BCUT2D eigenvalue weighted by atomic mass is 9.84. The molecule has 0 unspecified atom stereocenters. The van der Waals surface area contributed by atoms with Crippen LogP contribution in [0.2, 0.25) is 0 Å². The van der Waals surface area contributed by atoms with Gasteiger partial charge in [0.1, 0.15) is 5.75 Å². The third kappa shape index (κ3) is 5.13. The van der Waals surface area contributed by atoms with E-state index in [1.54, 1.807) is 18.2 Å². The first-order valence-corrected chi connectivity index (χ1v) is 10.8. The Morgan fingerprint density at radius 1 is 0.968 bits per heavy atom. The Morgan fingerprint density at radius 3 is 2.35 bits per heavy atom. The summed E-state index contributed by atoms with van der Waals surface area (Å²) >= 11 is 0. The van der Waals surface area contributed by atoms with Crippen molar-refractivity contribution in [1.29, 1.82) is 5.26 Å². The number of carbonyl (C=O) groups is 1. The van der Waals surface area contributed by atoms with E-state index < -0.39 is 6.09 Å². The van der Waals surface area contributed by atoms with Gasteiger partial charge in [0.05, 0.1) is 11.6 Å². The molecule has 1 N–H and O–H groups in total. The number of aryl methyl sites for hydroxylation is 1. The number of hydrogen-bond donors (Lipinski definition) is 1. The Balaban J connectivity index is 1.42. The Kier molecular flexibility index (Phi) is 6.33. The van der Waals surface area contributed by atoms with Crippen molar-refractivity contribution < 1.29 is 9.53 Å². The highest BCUT2D eigenvalue weighted by Crippen LogP contribution is 2.33. The summed E-state index contributed by atoms with van der Waals surface area (Å²) in [7, 11) is 0. The van der Waals surface area contributed by atoms with Crippen LogP contribution in [0.1, 0.15) is 54.7 Å². The third-order valence-corrected chi connectivity index (χ3v) is 5.98. The monoisotopic (exact) mass is 410 g/mol. The number of rotatable bonds is 4. The molecule has 4 rings (SSSR count). The second kappa shape index (κ2) is 9.49. The SMILES string of the molecule is Cc1ccc(OC(=O)Nc2ccc(C3CCCCC3)cc2)cc1-c1ccc(C#N)cc1. The number of nitrogens with zero attached hydrogens (tertiary/aromatic N) is 1. The summed E-state index contributed by atoms with van der Waals surface area (Å²) < 4.78 is 5.52. The molecule has 0 spiro atoms. The predicted octanol–water partition coefficient (Wildman–Crippen LogP) is 7.19. The molecule has 0 atom stereocenters. The molecule has 1 amide bonds. The minimum atomic E-state index is -0.514. The normalized spacial score (nSPS) is 13.9. The van der Waals surface area contributed by atoms with Crippen LogP contribution in [0.25, 0.3) is 11.1 Å². The predicted molar refractivity (Wildman–Crippen MR) is 123 cm³/mol. The number of carbonyl (C=O) groups excluding carboxylic acids is 1. The summed E-state index contributed by atoms with van der Waals surface area (Å²) in [6.07, 6.45) is 5.94. The van der Waals surface area contributed by atoms with E-state index in [0.29, 0.717) is 17.2 Å². The molecule has 1 aliphatic carbocycles. The Hall–Kier alpha value is -3.58. The molecular weight excluding hydrogens is 384 g/mol. The maximum atomic E-state index is 12.4. The van der Waals surface area contributed by atoms with Crippen LogP contribution in [0.3, 0.4) is 0 Å². The highest BCUT2D eigenvalue weighted by molar-refractivity contribution is 5.86. The molecule has 3 aromatic rings. The second-order valence-corrected chi connectivity index (χ2v) is 8.14. The molecule has 1 saturated carbocycles. The van der Waals surface area contributed by atoms with Crippen LogP contribution in [0.15, 0.2) is 66.7 Å². The van der Waals surface area contributed by atoms with E-state index in [0.717, 1.165) is 22.4 Å². The van der Waals surface area contributed by atoms with Crippen molar-refractivity contribution in [2.75, 3.05) is 5.32 Å². The second-order valence-electron chi connectivity index (χ2n) is 8.14. The fourth-order valence-electron chi connectivity index (χ4n) is 4.22. The van der Waals surface area contributed by atoms with Crippen LogP contribution >= 0.6 is 0 Å². The molecule has 4 heteroatoms. The molecule has 4 nitrogen and oxygen atoms in total. The van der Waals surface area contributed by atoms with Crippen molar-refractivity contribution in [3.05, 3.63) is 83.4 Å². The number of benzene rings is 3. The molecular formula is C27H26N2O2. The minimum Gasteiger partial charge on any atom is -0.410 e. The van der Waals surface area contributed by atoms with Gasteiger partial charge in [-0.15, -0.1) is 0 Å². The zero-order valence-corrected chi connectivity index (χ0v) is 17.7. The molecule has 0 aromatic heterocycles. The minimum absolute atomic E-state index is 0.473. The number of nitrogens with one attached hydrogen (secondary N) is 1. The molecule has 0 bridgehead atoms. The van der Waals surface area contributed by atoms with Gasteiger partial charge in [-0.1, -0.05) is 49.6 Å². The summed E-state index contributed by atoms with van der Waals surface area (Å²) in [4.78, 5) is 12.4. The first-order valence-electron chi connectivity index (χ1n) is 10.8. The highest BCUT2D eigenvalue weighted by Gasteiger charge is 2.15. The molecule has 0 saturated heterocycles. The van der Waals surface area contributed by atoms with Crippen molar-refractivity contribution in [3.63, 3.8) is 0 Å². The van der Waals surface area contributed by atoms with Crippen molar-refractivity contribution in [1.82, 2.24) is 0 Å². The number of ether oxygens (including phenoxy) is 1. The lowest BCUT2D eigenvalue weighted by Gasteiger charge is -2.22. The molecule has 0 aliphatic heterocycles. The largest absolute Gasteiger partial charge is 0.417 e. The van der Waals surface area contributed by atoms with E-state index >= 15 is 0 Å². The number of nitriles is 1. The van der Waals surface area contributed by atoms with E-state index in [9.17, 15) is 4.79 Å². The van der Waals surface area contributed by atoms with Crippen molar-refractivity contribution >= 4 is 11.8 Å². The van der Waals surface area contributed by atoms with Crippen LogP contribution in [0.5, 0.6) is 5.75 Å². The summed E-state index contributed by atoms with van der Waals surface area (Å²) in [6, 6.07) is 23.2. The lowest BCUT2D eigenvalue weighted by molar-refractivity contribution is 0.215. The quantitative estimate of drug-likeness (QED) is 0.495. The fraction of sp³-hybridized carbons (Fsp3) is 0.259. The number of hydrogen-bond acceptors (Lipinski definition) is 3. The van der Waals surface area contributed by atoms with Crippen LogP contribution in [-0.2, 0) is 0 Å². The topological polar surface area (TPSA) is 62.1 Å². The Morgan fingerprint density at radius 2 is 1.68 bits per heavy atom. The summed E-state index contributed by atoms with van der Waals surface area (Å²) in [5, 5.41) is 11.8. The van der Waals surface area contributed by atoms with E-state index in [1.807, 2.05) is 43.3 Å². The van der Waals surface area contributed by atoms with Gasteiger partial charge in [0.15, 0.2) is 0 Å². The molecule has 0 radical (unpaired) electrons. The van der Waals surface area contributed by atoms with Gasteiger partial charge >= 0.3 is 6.09 Å². The van der Waals surface area contributed by atoms with Gasteiger partial charge in [-0.3, -0.25) is 5.32 Å². The first kappa shape index (κ1) is 20.7. The summed E-state index contributed by atoms with van der Waals surface area (Å²) in [5.74, 6) is 1.12. The number of anilines is 1. The van der Waals surface area contributed by atoms with Crippen LogP contribution < -0.4 is 10.1 Å². The summed E-state index contributed by atoms with van der Waals surface area (Å²) in [6.45, 7) is 2.01. The van der Waals surface area contributed by atoms with E-state index in [-0.39, 0.29) is 0 Å². The van der Waals surface area contributed by atoms with Crippen molar-refractivity contribution in [2.45, 2.75) is 44.9 Å². The third-order valence-electron chi connectivity index (χ3n) is 5.98. The van der Waals surface area contributed by atoms with Crippen LogP contribution in [0.4, 0.5) is 10.5 Å². The molecule has 3 aromatic carbocycles. The zero-order chi connectivity index (χ0) is 21.6. The Labute approximate surface area is 183 Å². The van der Waals surface area contributed by atoms with Crippen molar-refractivity contribution in [3.8, 4) is 22.9 Å². The maximum absolute atomic E-state index is 12.4. The van der Waals surface area contributed by atoms with Gasteiger partial charge < -0.3 is 4.74 Å². The molecule has 1 aliphatic rings. The maximum Gasteiger partial charge on any atom is 0.417 e. The highest BCUT2D eigenvalue weighted by atomic mass is 16.6. The number of amides is 1. The van der Waals surface area contributed by atoms with E-state index in [1.165, 1.54) is 37.7 Å². The average Bonchev–Trinajstić information content (AvgIpc) is 2.81. The Bertz CT molecular complexity index is 1090. The van der Waals surface area contributed by atoms with E-state index in [2.05, 4.69) is 23.5 Å². The molecule has 1 fully saturated rings. The van der Waals surface area contributed by atoms with Gasteiger partial charge in [0.25, 0.3) is 0 Å². The van der Waals surface area contributed by atoms with Crippen LogP contribution in [-0.4, -0.2) is 6.09 Å². The van der Waals surface area contributed by atoms with Gasteiger partial charge in [-0.25, -0.2) is 4.79 Å². The van der Waals surface area contributed by atoms with Gasteiger partial charge in [-0.05, 0) is 84.3 Å². The molecule has 0 heterocycles. The average molecular weight is 411 g/mol. The van der Waals surface area contributed by atoms with Gasteiger partial charge in [0, 0.05) is 5.69 Å². The standard InChI is InChI=1S/C27H26N2O2/c1-19-7-16-25(17-26(19)23-10-8-20(18-28)9-11-23)31-27(30)29-24-14-12-22(13-15-24)21-5-3-2-4-6-21/h7-17,21H,2-6H2,1H3,(H,29,30). The molecule has 156 valence electrons.